The van der Waals surface area contributed by atoms with Gasteiger partial charge in [0, 0.05) is 6.20 Å². The summed E-state index contributed by atoms with van der Waals surface area (Å²) in [5.41, 5.74) is 2.49. The SMILES string of the molecule is CCc1ccnc2c1NCC1(CC1)O2. The van der Waals surface area contributed by atoms with Crippen molar-refractivity contribution in [1.29, 1.82) is 0 Å². The molecule has 1 aliphatic heterocycles. The molecule has 1 fully saturated rings. The molecule has 0 amide bonds. The summed E-state index contributed by atoms with van der Waals surface area (Å²) < 4.78 is 5.90. The molecule has 1 saturated carbocycles. The van der Waals surface area contributed by atoms with Crippen LogP contribution in [-0.4, -0.2) is 17.1 Å². The van der Waals surface area contributed by atoms with Gasteiger partial charge in [0.25, 0.3) is 0 Å². The molecule has 2 aliphatic rings. The molecule has 1 N–H and O–H groups in total. The highest BCUT2D eigenvalue weighted by Gasteiger charge is 2.48. The number of hydrogen-bond donors (Lipinski definition) is 1. The van der Waals surface area contributed by atoms with Crippen molar-refractivity contribution < 1.29 is 4.74 Å². The summed E-state index contributed by atoms with van der Waals surface area (Å²) >= 11 is 0. The second-order valence-corrected chi connectivity index (χ2v) is 4.14. The Labute approximate surface area is 83.5 Å². The van der Waals surface area contributed by atoms with Gasteiger partial charge >= 0.3 is 0 Å². The summed E-state index contributed by atoms with van der Waals surface area (Å²) in [6.45, 7) is 3.09. The molecule has 2 heterocycles. The molecule has 1 aliphatic carbocycles. The Bertz CT molecular complexity index is 372. The summed E-state index contributed by atoms with van der Waals surface area (Å²) in [5, 5.41) is 3.45. The van der Waals surface area contributed by atoms with E-state index in [4.69, 9.17) is 4.74 Å². The van der Waals surface area contributed by atoms with E-state index in [1.165, 1.54) is 5.56 Å². The van der Waals surface area contributed by atoms with Crippen LogP contribution in [-0.2, 0) is 6.42 Å². The number of pyridine rings is 1. The average Bonchev–Trinajstić information content (AvgIpc) is 2.96. The van der Waals surface area contributed by atoms with Crippen molar-refractivity contribution in [2.45, 2.75) is 31.8 Å². The van der Waals surface area contributed by atoms with Crippen molar-refractivity contribution >= 4 is 5.69 Å². The van der Waals surface area contributed by atoms with Crippen molar-refractivity contribution in [3.05, 3.63) is 17.8 Å². The molecule has 3 nitrogen and oxygen atoms in total. The Morgan fingerprint density at radius 3 is 3.14 bits per heavy atom. The number of aryl methyl sites for hydroxylation is 1. The minimum Gasteiger partial charge on any atom is -0.468 e. The molecule has 1 spiro atoms. The van der Waals surface area contributed by atoms with Gasteiger partial charge in [-0.15, -0.1) is 0 Å². The summed E-state index contributed by atoms with van der Waals surface area (Å²) in [7, 11) is 0. The highest BCUT2D eigenvalue weighted by Crippen LogP contribution is 2.45. The summed E-state index contributed by atoms with van der Waals surface area (Å²) in [5.74, 6) is 0.799. The van der Waals surface area contributed by atoms with Crippen LogP contribution in [0.3, 0.4) is 0 Å². The van der Waals surface area contributed by atoms with Gasteiger partial charge in [-0.05, 0) is 30.9 Å². The highest BCUT2D eigenvalue weighted by atomic mass is 16.5. The van der Waals surface area contributed by atoms with Gasteiger partial charge in [0.15, 0.2) is 0 Å². The zero-order valence-electron chi connectivity index (χ0n) is 8.34. The first-order chi connectivity index (χ1) is 6.83. The van der Waals surface area contributed by atoms with Gasteiger partial charge in [-0.2, -0.15) is 0 Å². The van der Waals surface area contributed by atoms with Gasteiger partial charge in [0.1, 0.15) is 11.3 Å². The lowest BCUT2D eigenvalue weighted by atomic mass is 10.1. The fourth-order valence-electron chi connectivity index (χ4n) is 1.95. The van der Waals surface area contributed by atoms with Crippen molar-refractivity contribution in [3.8, 4) is 5.88 Å². The van der Waals surface area contributed by atoms with Crippen molar-refractivity contribution in [2.24, 2.45) is 0 Å². The molecular formula is C11H14N2O. The minimum atomic E-state index is 0.0896. The maximum Gasteiger partial charge on any atom is 0.238 e. The Kier molecular flexibility index (Phi) is 1.52. The van der Waals surface area contributed by atoms with E-state index >= 15 is 0 Å². The van der Waals surface area contributed by atoms with Crippen LogP contribution in [0, 0.1) is 0 Å². The normalized spacial score (nSPS) is 20.9. The van der Waals surface area contributed by atoms with Crippen LogP contribution < -0.4 is 10.1 Å². The molecule has 0 aromatic carbocycles. The van der Waals surface area contributed by atoms with Gasteiger partial charge in [-0.3, -0.25) is 0 Å². The number of nitrogens with one attached hydrogen (secondary N) is 1. The zero-order valence-corrected chi connectivity index (χ0v) is 8.34. The third kappa shape index (κ3) is 1.08. The molecule has 1 aromatic rings. The van der Waals surface area contributed by atoms with Gasteiger partial charge in [-0.1, -0.05) is 6.92 Å². The largest absolute Gasteiger partial charge is 0.468 e. The Morgan fingerprint density at radius 1 is 1.57 bits per heavy atom. The third-order valence-electron chi connectivity index (χ3n) is 3.09. The van der Waals surface area contributed by atoms with Crippen molar-refractivity contribution in [3.63, 3.8) is 0 Å². The van der Waals surface area contributed by atoms with Crippen LogP contribution in [0.4, 0.5) is 5.69 Å². The maximum atomic E-state index is 5.90. The monoisotopic (exact) mass is 190 g/mol. The second-order valence-electron chi connectivity index (χ2n) is 4.14. The quantitative estimate of drug-likeness (QED) is 0.735. The molecule has 1 aromatic heterocycles. The smallest absolute Gasteiger partial charge is 0.238 e. The Morgan fingerprint density at radius 2 is 2.43 bits per heavy atom. The predicted molar refractivity (Wildman–Crippen MR) is 54.7 cm³/mol. The second kappa shape index (κ2) is 2.62. The fraction of sp³-hybridized carbons (Fsp3) is 0.545. The fourth-order valence-corrected chi connectivity index (χ4v) is 1.95. The molecule has 0 unspecified atom stereocenters. The third-order valence-corrected chi connectivity index (χ3v) is 3.09. The molecule has 14 heavy (non-hydrogen) atoms. The Balaban J connectivity index is 2.01. The molecule has 3 rings (SSSR count). The lowest BCUT2D eigenvalue weighted by Gasteiger charge is -2.27. The van der Waals surface area contributed by atoms with E-state index in [2.05, 4.69) is 23.3 Å². The molecule has 3 heteroatoms. The molecule has 0 bridgehead atoms. The number of aromatic nitrogens is 1. The maximum absolute atomic E-state index is 5.90. The van der Waals surface area contributed by atoms with Crippen LogP contribution in [0.25, 0.3) is 0 Å². The number of nitrogens with zero attached hydrogens (tertiary/aromatic N) is 1. The zero-order chi connectivity index (χ0) is 9.60. The van der Waals surface area contributed by atoms with Crippen LogP contribution in [0.2, 0.25) is 0 Å². The molecule has 0 atom stereocenters. The first-order valence-corrected chi connectivity index (χ1v) is 5.24. The number of hydrogen-bond acceptors (Lipinski definition) is 3. The van der Waals surface area contributed by atoms with E-state index in [0.29, 0.717) is 0 Å². The van der Waals surface area contributed by atoms with E-state index in [0.717, 1.165) is 37.4 Å². The predicted octanol–water partition coefficient (Wildman–Crippen LogP) is 1.98. The van der Waals surface area contributed by atoms with E-state index in [1.54, 1.807) is 0 Å². The molecule has 0 saturated heterocycles. The van der Waals surface area contributed by atoms with Crippen LogP contribution in [0.5, 0.6) is 5.88 Å². The summed E-state index contributed by atoms with van der Waals surface area (Å²) in [6.07, 6.45) is 5.18. The summed E-state index contributed by atoms with van der Waals surface area (Å²) in [4.78, 5) is 4.28. The topological polar surface area (TPSA) is 34.2 Å². The standard InChI is InChI=1S/C11H14N2O/c1-2-8-3-6-12-10-9(8)13-7-11(14-10)4-5-11/h3,6,13H,2,4-5,7H2,1H3. The number of anilines is 1. The van der Waals surface area contributed by atoms with Crippen molar-refractivity contribution in [2.75, 3.05) is 11.9 Å². The lowest BCUT2D eigenvalue weighted by molar-refractivity contribution is 0.175. The average molecular weight is 190 g/mol. The first-order valence-electron chi connectivity index (χ1n) is 5.24. The number of ether oxygens (including phenoxy) is 1. The van der Waals surface area contributed by atoms with Gasteiger partial charge in [0.05, 0.1) is 6.54 Å². The van der Waals surface area contributed by atoms with E-state index < -0.39 is 0 Å². The van der Waals surface area contributed by atoms with Crippen LogP contribution >= 0.6 is 0 Å². The van der Waals surface area contributed by atoms with Crippen molar-refractivity contribution in [1.82, 2.24) is 4.98 Å². The van der Waals surface area contributed by atoms with Gasteiger partial charge in [0.2, 0.25) is 5.88 Å². The first kappa shape index (κ1) is 8.09. The highest BCUT2D eigenvalue weighted by molar-refractivity contribution is 5.61. The van der Waals surface area contributed by atoms with Gasteiger partial charge < -0.3 is 10.1 Å². The number of rotatable bonds is 1. The Hall–Kier alpha value is -1.25. The van der Waals surface area contributed by atoms with E-state index in [-0.39, 0.29) is 5.60 Å². The van der Waals surface area contributed by atoms with Crippen LogP contribution in [0.1, 0.15) is 25.3 Å². The minimum absolute atomic E-state index is 0.0896. The molecular weight excluding hydrogens is 176 g/mol. The lowest BCUT2D eigenvalue weighted by Crippen LogP contribution is -2.33. The van der Waals surface area contributed by atoms with Gasteiger partial charge in [-0.25, -0.2) is 4.98 Å². The van der Waals surface area contributed by atoms with Crippen LogP contribution in [0.15, 0.2) is 12.3 Å². The van der Waals surface area contributed by atoms with E-state index in [1.807, 2.05) is 6.20 Å². The molecule has 0 radical (unpaired) electrons. The summed E-state index contributed by atoms with van der Waals surface area (Å²) in [6, 6.07) is 2.06. The number of fused-ring (bicyclic) bond motifs is 1. The van der Waals surface area contributed by atoms with E-state index in [9.17, 15) is 0 Å². The molecule has 74 valence electrons.